The highest BCUT2D eigenvalue weighted by Gasteiger charge is 2.23. The second-order valence-electron chi connectivity index (χ2n) is 7.18. The minimum atomic E-state index is 0. The molecule has 1 saturated heterocycles. The summed E-state index contributed by atoms with van der Waals surface area (Å²) in [6, 6.07) is 20.8. The molecule has 27 heavy (non-hydrogen) atoms. The molecule has 1 fully saturated rings. The van der Waals surface area contributed by atoms with Crippen LogP contribution in [0, 0.1) is 0 Å². The molecule has 1 aliphatic heterocycles. The number of nitrogens with zero attached hydrogens (tertiary/aromatic N) is 1. The Morgan fingerprint density at radius 1 is 0.889 bits per heavy atom. The lowest BCUT2D eigenvalue weighted by atomic mass is 9.90. The van der Waals surface area contributed by atoms with Crippen molar-refractivity contribution in [3.63, 3.8) is 0 Å². The Balaban J connectivity index is 0.00000131. The van der Waals surface area contributed by atoms with Gasteiger partial charge in [-0.25, -0.2) is 0 Å². The first-order valence-electron chi connectivity index (χ1n) is 9.73. The van der Waals surface area contributed by atoms with Gasteiger partial charge in [-0.3, -0.25) is 4.90 Å². The van der Waals surface area contributed by atoms with E-state index in [9.17, 15) is 0 Å². The highest BCUT2D eigenvalue weighted by Crippen LogP contribution is 2.36. The van der Waals surface area contributed by atoms with Crippen LogP contribution in [0.4, 0.5) is 0 Å². The Morgan fingerprint density at radius 2 is 1.52 bits per heavy atom. The van der Waals surface area contributed by atoms with E-state index in [1.165, 1.54) is 46.4 Å². The van der Waals surface area contributed by atoms with Gasteiger partial charge in [0.2, 0.25) is 0 Å². The van der Waals surface area contributed by atoms with Crippen LogP contribution in [0.15, 0.2) is 54.6 Å². The standard InChI is InChI=1S/C23H28N2.2ClH/c1-2-3-12-23(25-15-13-24-14-16-25)22-17-18-8-4-5-9-19(18)20-10-6-7-11-21(20)22;;/h4-11,17,23-24H,2-3,12-16H2,1H3;2*1H/t23-;;/m1../s1. The molecule has 0 unspecified atom stereocenters. The number of piperazine rings is 1. The van der Waals surface area contributed by atoms with Gasteiger partial charge in [-0.05, 0) is 39.6 Å². The van der Waals surface area contributed by atoms with E-state index in [1.807, 2.05) is 0 Å². The number of fused-ring (bicyclic) bond motifs is 3. The highest BCUT2D eigenvalue weighted by molar-refractivity contribution is 6.09. The maximum Gasteiger partial charge on any atom is 0.0355 e. The Bertz CT molecular complexity index is 859. The fraction of sp³-hybridized carbons (Fsp3) is 0.391. The van der Waals surface area contributed by atoms with Crippen LogP contribution < -0.4 is 5.32 Å². The number of unbranched alkanes of at least 4 members (excludes halogenated alkanes) is 1. The number of rotatable bonds is 5. The fourth-order valence-corrected chi connectivity index (χ4v) is 4.28. The monoisotopic (exact) mass is 404 g/mol. The van der Waals surface area contributed by atoms with Crippen LogP contribution in [-0.4, -0.2) is 31.1 Å². The lowest BCUT2D eigenvalue weighted by Crippen LogP contribution is -2.45. The molecule has 3 aromatic carbocycles. The zero-order valence-corrected chi connectivity index (χ0v) is 17.6. The number of nitrogens with one attached hydrogen (secondary N) is 1. The van der Waals surface area contributed by atoms with Crippen LogP contribution in [0.5, 0.6) is 0 Å². The van der Waals surface area contributed by atoms with Crippen LogP contribution in [-0.2, 0) is 0 Å². The molecule has 1 aliphatic rings. The van der Waals surface area contributed by atoms with E-state index < -0.39 is 0 Å². The molecule has 146 valence electrons. The highest BCUT2D eigenvalue weighted by atomic mass is 35.5. The lowest BCUT2D eigenvalue weighted by molar-refractivity contribution is 0.164. The van der Waals surface area contributed by atoms with E-state index in [2.05, 4.69) is 71.7 Å². The minimum absolute atomic E-state index is 0. The summed E-state index contributed by atoms with van der Waals surface area (Å²) in [5.41, 5.74) is 1.52. The van der Waals surface area contributed by atoms with Gasteiger partial charge in [-0.15, -0.1) is 24.8 Å². The van der Waals surface area contributed by atoms with Crippen LogP contribution in [0.3, 0.4) is 0 Å². The smallest absolute Gasteiger partial charge is 0.0355 e. The Hall–Kier alpha value is -1.32. The lowest BCUT2D eigenvalue weighted by Gasteiger charge is -2.36. The second kappa shape index (κ2) is 10.3. The van der Waals surface area contributed by atoms with Gasteiger partial charge in [0, 0.05) is 32.2 Å². The van der Waals surface area contributed by atoms with Crippen LogP contribution >= 0.6 is 24.8 Å². The van der Waals surface area contributed by atoms with Gasteiger partial charge in [-0.2, -0.15) is 0 Å². The number of halogens is 2. The van der Waals surface area contributed by atoms with Crippen molar-refractivity contribution in [3.8, 4) is 0 Å². The number of benzene rings is 3. The Labute approximate surface area is 175 Å². The first-order valence-corrected chi connectivity index (χ1v) is 9.73. The van der Waals surface area contributed by atoms with Crippen molar-refractivity contribution in [1.82, 2.24) is 10.2 Å². The summed E-state index contributed by atoms with van der Waals surface area (Å²) in [7, 11) is 0. The number of hydrogen-bond acceptors (Lipinski definition) is 2. The Kier molecular flexibility index (Phi) is 8.37. The van der Waals surface area contributed by atoms with E-state index in [0.717, 1.165) is 26.2 Å². The van der Waals surface area contributed by atoms with Crippen molar-refractivity contribution in [2.24, 2.45) is 0 Å². The van der Waals surface area contributed by atoms with Crippen molar-refractivity contribution >= 4 is 46.4 Å². The van der Waals surface area contributed by atoms with Crippen molar-refractivity contribution in [2.45, 2.75) is 32.2 Å². The van der Waals surface area contributed by atoms with Crippen molar-refractivity contribution < 1.29 is 0 Å². The molecular formula is C23H30Cl2N2. The maximum absolute atomic E-state index is 3.50. The summed E-state index contributed by atoms with van der Waals surface area (Å²) in [5.74, 6) is 0. The topological polar surface area (TPSA) is 15.3 Å². The summed E-state index contributed by atoms with van der Waals surface area (Å²) in [6.07, 6.45) is 3.79. The Morgan fingerprint density at radius 3 is 2.22 bits per heavy atom. The van der Waals surface area contributed by atoms with Gasteiger partial charge in [0.1, 0.15) is 0 Å². The quantitative estimate of drug-likeness (QED) is 0.526. The zero-order valence-electron chi connectivity index (χ0n) is 16.0. The summed E-state index contributed by atoms with van der Waals surface area (Å²) < 4.78 is 0. The minimum Gasteiger partial charge on any atom is -0.314 e. The average Bonchev–Trinajstić information content (AvgIpc) is 2.69. The van der Waals surface area contributed by atoms with Gasteiger partial charge >= 0.3 is 0 Å². The zero-order chi connectivity index (χ0) is 17.1. The largest absolute Gasteiger partial charge is 0.314 e. The molecule has 0 radical (unpaired) electrons. The van der Waals surface area contributed by atoms with E-state index in [1.54, 1.807) is 0 Å². The van der Waals surface area contributed by atoms with Crippen LogP contribution in [0.1, 0.15) is 37.8 Å². The third kappa shape index (κ3) is 4.57. The van der Waals surface area contributed by atoms with E-state index >= 15 is 0 Å². The van der Waals surface area contributed by atoms with E-state index in [0.29, 0.717) is 6.04 Å². The molecule has 1 heterocycles. The molecular weight excluding hydrogens is 375 g/mol. The predicted octanol–water partition coefficient (Wildman–Crippen LogP) is 5.97. The number of hydrogen-bond donors (Lipinski definition) is 1. The molecule has 1 atom stereocenters. The van der Waals surface area contributed by atoms with Crippen molar-refractivity contribution in [2.75, 3.05) is 26.2 Å². The van der Waals surface area contributed by atoms with Gasteiger partial charge in [-0.1, -0.05) is 68.3 Å². The molecule has 3 aromatic rings. The average molecular weight is 405 g/mol. The first-order chi connectivity index (χ1) is 12.4. The molecule has 0 aliphatic carbocycles. The molecule has 0 bridgehead atoms. The molecule has 4 rings (SSSR count). The first kappa shape index (κ1) is 22.0. The summed E-state index contributed by atoms with van der Waals surface area (Å²) in [5, 5.41) is 9.07. The second-order valence-corrected chi connectivity index (χ2v) is 7.18. The van der Waals surface area contributed by atoms with Crippen molar-refractivity contribution in [3.05, 3.63) is 60.2 Å². The molecule has 2 nitrogen and oxygen atoms in total. The molecule has 0 amide bonds. The van der Waals surface area contributed by atoms with Crippen molar-refractivity contribution in [1.29, 1.82) is 0 Å². The predicted molar refractivity (Wildman–Crippen MR) is 123 cm³/mol. The van der Waals surface area contributed by atoms with Crippen LogP contribution in [0.25, 0.3) is 21.5 Å². The van der Waals surface area contributed by atoms with E-state index in [-0.39, 0.29) is 24.8 Å². The third-order valence-electron chi connectivity index (χ3n) is 5.58. The normalized spacial score (nSPS) is 15.9. The SMILES string of the molecule is CCCC[C@H](c1cc2ccccc2c2ccccc12)N1CCNCC1.Cl.Cl. The van der Waals surface area contributed by atoms with Crippen LogP contribution in [0.2, 0.25) is 0 Å². The van der Waals surface area contributed by atoms with Gasteiger partial charge in [0.05, 0.1) is 0 Å². The van der Waals surface area contributed by atoms with E-state index in [4.69, 9.17) is 0 Å². The molecule has 1 N–H and O–H groups in total. The van der Waals surface area contributed by atoms with Gasteiger partial charge < -0.3 is 5.32 Å². The maximum atomic E-state index is 3.50. The fourth-order valence-electron chi connectivity index (χ4n) is 4.28. The molecule has 0 aromatic heterocycles. The van der Waals surface area contributed by atoms with Gasteiger partial charge in [0.15, 0.2) is 0 Å². The summed E-state index contributed by atoms with van der Waals surface area (Å²) >= 11 is 0. The third-order valence-corrected chi connectivity index (χ3v) is 5.58. The molecule has 0 spiro atoms. The van der Waals surface area contributed by atoms with Gasteiger partial charge in [0.25, 0.3) is 0 Å². The molecule has 0 saturated carbocycles. The summed E-state index contributed by atoms with van der Waals surface area (Å²) in [4.78, 5) is 2.70. The summed E-state index contributed by atoms with van der Waals surface area (Å²) in [6.45, 7) is 6.81. The molecule has 4 heteroatoms.